The first-order valence-electron chi connectivity index (χ1n) is 9.87. The van der Waals surface area contributed by atoms with E-state index in [0.29, 0.717) is 22.6 Å². The molecule has 16 heteroatoms. The smallest absolute Gasteiger partial charge is 0.365 e. The monoisotopic (exact) mass is 591 g/mol. The highest BCUT2D eigenvalue weighted by Gasteiger charge is 2.39. The minimum atomic E-state index is -4.84. The Morgan fingerprint density at radius 1 is 1.19 bits per heavy atom. The predicted octanol–water partition coefficient (Wildman–Crippen LogP) is 4.81. The topological polar surface area (TPSA) is 121 Å². The molecule has 4 rings (SSSR count). The number of carbonyl (C=O) groups excluding carboxylic acids is 2. The highest BCUT2D eigenvalue weighted by molar-refractivity contribution is 9.10. The number of halogens is 6. The van der Waals surface area contributed by atoms with Gasteiger partial charge in [-0.3, -0.25) is 19.0 Å². The Hall–Kier alpha value is -3.40. The molecule has 0 spiro atoms. The second-order valence-corrected chi connectivity index (χ2v) is 9.43. The molecule has 0 fully saturated rings. The summed E-state index contributed by atoms with van der Waals surface area (Å²) >= 11 is 3.43. The quantitative estimate of drug-likeness (QED) is 0.323. The first-order valence-corrected chi connectivity index (χ1v) is 11.5. The zero-order valence-electron chi connectivity index (χ0n) is 18.5. The number of carbonyl (C=O) groups is 2. The molecule has 0 aliphatic heterocycles. The Bertz CT molecular complexity index is 1540. The third-order valence-corrected chi connectivity index (χ3v) is 6.99. The number of anilines is 1. The summed E-state index contributed by atoms with van der Waals surface area (Å²) in [4.78, 5) is 29.0. The first kappa shape index (κ1) is 25.7. The second-order valence-electron chi connectivity index (χ2n) is 7.63. The highest BCUT2D eigenvalue weighted by Crippen LogP contribution is 2.43. The fourth-order valence-corrected chi connectivity index (χ4v) is 5.45. The van der Waals surface area contributed by atoms with Crippen molar-refractivity contribution in [1.82, 2.24) is 24.5 Å². The molecule has 190 valence electrons. The molecule has 0 radical (unpaired) electrons. The number of thiophene rings is 1. The van der Waals surface area contributed by atoms with Crippen molar-refractivity contribution >= 4 is 55.0 Å². The molecule has 3 N–H and O–H groups in total. The van der Waals surface area contributed by atoms with Crippen molar-refractivity contribution in [2.45, 2.75) is 19.5 Å². The predicted molar refractivity (Wildman–Crippen MR) is 124 cm³/mol. The number of nitrogens with zero attached hydrogens (tertiary/aromatic N) is 5. The van der Waals surface area contributed by atoms with E-state index in [1.54, 1.807) is 20.2 Å². The lowest BCUT2D eigenvalue weighted by Gasteiger charge is -2.11. The Labute approximate surface area is 211 Å². The Morgan fingerprint density at radius 2 is 1.86 bits per heavy atom. The van der Waals surface area contributed by atoms with Crippen LogP contribution in [0.15, 0.2) is 16.7 Å². The van der Waals surface area contributed by atoms with E-state index in [-0.39, 0.29) is 26.3 Å². The van der Waals surface area contributed by atoms with Gasteiger partial charge >= 0.3 is 6.18 Å². The van der Waals surface area contributed by atoms with E-state index < -0.39 is 46.0 Å². The number of nitrogens with two attached hydrogens (primary N) is 1. The van der Waals surface area contributed by atoms with Gasteiger partial charge in [0.25, 0.3) is 18.2 Å². The lowest BCUT2D eigenvalue weighted by molar-refractivity contribution is -0.142. The number of aryl methyl sites for hydroxylation is 3. The molecule has 0 atom stereocenters. The van der Waals surface area contributed by atoms with Gasteiger partial charge in [-0.05, 0) is 34.5 Å². The molecule has 36 heavy (non-hydrogen) atoms. The van der Waals surface area contributed by atoms with E-state index in [9.17, 15) is 31.5 Å². The van der Waals surface area contributed by atoms with Crippen molar-refractivity contribution in [3.8, 4) is 11.1 Å². The minimum absolute atomic E-state index is 0.0322. The van der Waals surface area contributed by atoms with Crippen molar-refractivity contribution in [1.29, 1.82) is 0 Å². The van der Waals surface area contributed by atoms with E-state index in [4.69, 9.17) is 5.73 Å². The molecule has 0 aliphatic carbocycles. The zero-order chi connectivity index (χ0) is 26.7. The van der Waals surface area contributed by atoms with Crippen LogP contribution in [0.5, 0.6) is 0 Å². The van der Waals surface area contributed by atoms with Crippen LogP contribution in [-0.2, 0) is 20.3 Å². The Kier molecular flexibility index (Phi) is 6.36. The summed E-state index contributed by atoms with van der Waals surface area (Å²) < 4.78 is 68.6. The molecule has 4 aromatic heterocycles. The van der Waals surface area contributed by atoms with Gasteiger partial charge in [-0.25, -0.2) is 13.8 Å². The number of aromatic nitrogens is 5. The Morgan fingerprint density at radius 3 is 2.36 bits per heavy atom. The maximum absolute atomic E-state index is 13.6. The molecule has 0 unspecified atom stereocenters. The summed E-state index contributed by atoms with van der Waals surface area (Å²) in [5.41, 5.74) is 3.96. The van der Waals surface area contributed by atoms with E-state index in [2.05, 4.69) is 36.4 Å². The van der Waals surface area contributed by atoms with Crippen LogP contribution in [-0.4, -0.2) is 36.4 Å². The van der Waals surface area contributed by atoms with Crippen molar-refractivity contribution < 1.29 is 31.5 Å². The lowest BCUT2D eigenvalue weighted by atomic mass is 10.0. The zero-order valence-corrected chi connectivity index (χ0v) is 20.9. The van der Waals surface area contributed by atoms with E-state index in [0.717, 1.165) is 17.8 Å². The second kappa shape index (κ2) is 8.92. The fraction of sp³-hybridized carbons (Fsp3) is 0.250. The van der Waals surface area contributed by atoms with Gasteiger partial charge in [0, 0.05) is 31.2 Å². The fourth-order valence-electron chi connectivity index (χ4n) is 3.70. The van der Waals surface area contributed by atoms with Crippen molar-refractivity contribution in [3.63, 3.8) is 0 Å². The van der Waals surface area contributed by atoms with Crippen LogP contribution in [0.1, 0.15) is 43.7 Å². The number of rotatable bonds is 5. The average Bonchev–Trinajstić information content (AvgIpc) is 3.39. The normalized spacial score (nSPS) is 12.1. The summed E-state index contributed by atoms with van der Waals surface area (Å²) in [6.07, 6.45) is -6.24. The van der Waals surface area contributed by atoms with Crippen LogP contribution < -0.4 is 11.1 Å². The van der Waals surface area contributed by atoms with Crippen molar-refractivity contribution in [2.75, 3.05) is 5.32 Å². The maximum atomic E-state index is 13.6. The molecule has 4 aromatic rings. The number of nitrogens with one attached hydrogen (secondary N) is 1. The molecule has 0 saturated heterocycles. The maximum Gasteiger partial charge on any atom is 0.436 e. The molecule has 0 saturated carbocycles. The summed E-state index contributed by atoms with van der Waals surface area (Å²) in [5, 5.41) is 10.1. The summed E-state index contributed by atoms with van der Waals surface area (Å²) in [5.74, 6) is -2.05. The Balaban J connectivity index is 1.97. The molecule has 9 nitrogen and oxygen atoms in total. The van der Waals surface area contributed by atoms with Gasteiger partial charge in [0.2, 0.25) is 0 Å². The average molecular weight is 592 g/mol. The summed E-state index contributed by atoms with van der Waals surface area (Å²) in [7, 11) is 2.75. The highest BCUT2D eigenvalue weighted by atomic mass is 79.9. The first-order chi connectivity index (χ1) is 16.7. The van der Waals surface area contributed by atoms with Gasteiger partial charge < -0.3 is 11.1 Å². The van der Waals surface area contributed by atoms with Gasteiger partial charge in [0.05, 0.1) is 15.9 Å². The van der Waals surface area contributed by atoms with E-state index in [1.807, 2.05) is 0 Å². The number of primary amides is 1. The molecular weight excluding hydrogens is 577 g/mol. The lowest BCUT2D eigenvalue weighted by Crippen LogP contribution is -2.19. The number of fused-ring (bicyclic) bond motifs is 1. The van der Waals surface area contributed by atoms with Crippen molar-refractivity contribution in [3.05, 3.63) is 44.4 Å². The van der Waals surface area contributed by atoms with Crippen LogP contribution in [0.4, 0.5) is 27.6 Å². The molecular formula is C20H15BrF5N7O2S. The number of alkyl halides is 5. The SMILES string of the molecule is Cc1nn(C)cc1-c1cc(C(F)F)nc2sc(C(N)=O)c(NC(=O)c3c(Br)c(C(F)(F)F)nn3C)c12. The van der Waals surface area contributed by atoms with Crippen LogP contribution in [0.25, 0.3) is 21.3 Å². The van der Waals surface area contributed by atoms with Crippen LogP contribution in [0.2, 0.25) is 0 Å². The largest absolute Gasteiger partial charge is 0.436 e. The van der Waals surface area contributed by atoms with Gasteiger partial charge in [-0.15, -0.1) is 11.3 Å². The van der Waals surface area contributed by atoms with Crippen LogP contribution in [0, 0.1) is 6.92 Å². The van der Waals surface area contributed by atoms with Gasteiger partial charge in [0.1, 0.15) is 21.1 Å². The third-order valence-electron chi connectivity index (χ3n) is 5.14. The minimum Gasteiger partial charge on any atom is -0.365 e. The number of hydrogen-bond donors (Lipinski definition) is 2. The van der Waals surface area contributed by atoms with E-state index in [1.165, 1.54) is 4.68 Å². The third kappa shape index (κ3) is 4.34. The van der Waals surface area contributed by atoms with Crippen LogP contribution >= 0.6 is 27.3 Å². The number of hydrogen-bond acceptors (Lipinski definition) is 6. The number of amides is 2. The molecule has 0 aliphatic rings. The molecule has 2 amide bonds. The summed E-state index contributed by atoms with van der Waals surface area (Å²) in [6, 6.07) is 1.10. The van der Waals surface area contributed by atoms with Gasteiger partial charge in [-0.2, -0.15) is 23.4 Å². The van der Waals surface area contributed by atoms with Crippen molar-refractivity contribution in [2.24, 2.45) is 19.8 Å². The van der Waals surface area contributed by atoms with Gasteiger partial charge in [0.15, 0.2) is 5.69 Å². The van der Waals surface area contributed by atoms with Crippen LogP contribution in [0.3, 0.4) is 0 Å². The summed E-state index contributed by atoms with van der Waals surface area (Å²) in [6.45, 7) is 1.63. The molecule has 0 bridgehead atoms. The number of pyridine rings is 1. The molecule has 4 heterocycles. The standard InChI is InChI=1S/C20H15BrF5N7O2S/c1-6-8(5-32(2)30-6)7-4-9(16(22)23)28-19-10(7)12(14(36-19)17(27)34)29-18(35)13-11(21)15(20(24,25)26)31-33(13)3/h4-5,16H,1-3H3,(H2,27,34)(H,29,35). The molecule has 0 aromatic carbocycles. The van der Waals surface area contributed by atoms with Gasteiger partial charge in [-0.1, -0.05) is 0 Å². The van der Waals surface area contributed by atoms with E-state index >= 15 is 0 Å².